The second kappa shape index (κ2) is 6.21. The van der Waals surface area contributed by atoms with Gasteiger partial charge in [0.15, 0.2) is 0 Å². The lowest BCUT2D eigenvalue weighted by Crippen LogP contribution is -2.39. The van der Waals surface area contributed by atoms with Gasteiger partial charge in [0.1, 0.15) is 0 Å². The van der Waals surface area contributed by atoms with Crippen LogP contribution in [-0.4, -0.2) is 23.2 Å². The molecule has 0 radical (unpaired) electrons. The molecule has 18 heavy (non-hydrogen) atoms. The topological polar surface area (TPSA) is 75.3 Å². The molecule has 1 aromatic rings. The predicted octanol–water partition coefficient (Wildman–Crippen LogP) is 1.56. The Kier molecular flexibility index (Phi) is 4.92. The molecule has 1 aromatic carbocycles. The molecule has 0 saturated heterocycles. The lowest BCUT2D eigenvalue weighted by atomic mass is 10.0. The molecule has 1 unspecified atom stereocenters. The van der Waals surface area contributed by atoms with Crippen LogP contribution >= 0.6 is 0 Å². The van der Waals surface area contributed by atoms with Gasteiger partial charge in [-0.25, -0.2) is 0 Å². The summed E-state index contributed by atoms with van der Waals surface area (Å²) >= 11 is 0. The first kappa shape index (κ1) is 14.3. The first-order valence-corrected chi connectivity index (χ1v) is 5.97. The first-order valence-electron chi connectivity index (χ1n) is 5.97. The van der Waals surface area contributed by atoms with Crippen LogP contribution < -0.4 is 11.1 Å². The largest absolute Gasteiger partial charge is 0.399 e. The Hall–Kier alpha value is -1.81. The fraction of sp³-hybridized carbons (Fsp3) is 0.357. The van der Waals surface area contributed by atoms with Gasteiger partial charge >= 0.3 is 0 Å². The maximum atomic E-state index is 11.5. The summed E-state index contributed by atoms with van der Waals surface area (Å²) in [6, 6.07) is 7.22. The van der Waals surface area contributed by atoms with Crippen LogP contribution in [0.1, 0.15) is 25.8 Å². The van der Waals surface area contributed by atoms with E-state index in [4.69, 9.17) is 5.73 Å². The highest BCUT2D eigenvalue weighted by Gasteiger charge is 2.17. The van der Waals surface area contributed by atoms with Crippen molar-refractivity contribution in [2.24, 2.45) is 0 Å². The second-order valence-corrected chi connectivity index (χ2v) is 4.57. The number of nitrogens with two attached hydrogens (primary N) is 1. The van der Waals surface area contributed by atoms with Crippen molar-refractivity contribution in [3.8, 4) is 0 Å². The third kappa shape index (κ3) is 5.01. The molecule has 1 amide bonds. The highest BCUT2D eigenvalue weighted by molar-refractivity contribution is 5.91. The van der Waals surface area contributed by atoms with Gasteiger partial charge in [0.2, 0.25) is 5.91 Å². The van der Waals surface area contributed by atoms with E-state index < -0.39 is 5.60 Å². The van der Waals surface area contributed by atoms with Crippen molar-refractivity contribution in [3.63, 3.8) is 0 Å². The number of carbonyl (C=O) groups is 1. The summed E-state index contributed by atoms with van der Waals surface area (Å²) in [6.45, 7) is 3.81. The minimum absolute atomic E-state index is 0.222. The number of hydrogen-bond donors (Lipinski definition) is 3. The Bertz CT molecular complexity index is 422. The molecule has 1 rings (SSSR count). The molecule has 0 spiro atoms. The van der Waals surface area contributed by atoms with Gasteiger partial charge in [0.05, 0.1) is 5.60 Å². The van der Waals surface area contributed by atoms with Gasteiger partial charge in [-0.1, -0.05) is 19.1 Å². The number of nitrogen functional groups attached to an aromatic ring is 1. The zero-order chi connectivity index (χ0) is 13.6. The van der Waals surface area contributed by atoms with Gasteiger partial charge in [-0.05, 0) is 37.1 Å². The van der Waals surface area contributed by atoms with Crippen molar-refractivity contribution in [1.29, 1.82) is 0 Å². The van der Waals surface area contributed by atoms with Crippen molar-refractivity contribution >= 4 is 17.7 Å². The third-order valence-electron chi connectivity index (χ3n) is 2.77. The van der Waals surface area contributed by atoms with Gasteiger partial charge < -0.3 is 16.2 Å². The normalized spacial score (nSPS) is 14.4. The molecule has 1 atom stereocenters. The summed E-state index contributed by atoms with van der Waals surface area (Å²) in [7, 11) is 0. The van der Waals surface area contributed by atoms with Crippen LogP contribution in [0.3, 0.4) is 0 Å². The number of anilines is 1. The van der Waals surface area contributed by atoms with Gasteiger partial charge in [0.25, 0.3) is 0 Å². The van der Waals surface area contributed by atoms with Crippen LogP contribution in [0.25, 0.3) is 6.08 Å². The smallest absolute Gasteiger partial charge is 0.244 e. The van der Waals surface area contributed by atoms with E-state index in [9.17, 15) is 9.90 Å². The molecule has 4 N–H and O–H groups in total. The Morgan fingerprint density at radius 3 is 2.61 bits per heavy atom. The van der Waals surface area contributed by atoms with E-state index in [0.717, 1.165) is 5.56 Å². The molecule has 0 heterocycles. The number of carbonyl (C=O) groups excluding carboxylic acids is 1. The van der Waals surface area contributed by atoms with Crippen LogP contribution in [0.2, 0.25) is 0 Å². The summed E-state index contributed by atoms with van der Waals surface area (Å²) < 4.78 is 0. The molecular weight excluding hydrogens is 228 g/mol. The van der Waals surface area contributed by atoms with Crippen molar-refractivity contribution in [2.45, 2.75) is 25.9 Å². The number of rotatable bonds is 5. The van der Waals surface area contributed by atoms with Crippen molar-refractivity contribution in [2.75, 3.05) is 12.3 Å². The van der Waals surface area contributed by atoms with Gasteiger partial charge in [-0.2, -0.15) is 0 Å². The monoisotopic (exact) mass is 248 g/mol. The molecule has 0 fully saturated rings. The van der Waals surface area contributed by atoms with E-state index in [1.807, 2.05) is 19.1 Å². The molecule has 4 heteroatoms. The number of aliphatic hydroxyl groups is 1. The molecule has 4 nitrogen and oxygen atoms in total. The Morgan fingerprint density at radius 1 is 1.44 bits per heavy atom. The van der Waals surface area contributed by atoms with E-state index in [2.05, 4.69) is 5.32 Å². The molecule has 0 aliphatic heterocycles. The van der Waals surface area contributed by atoms with Crippen LogP contribution in [0.5, 0.6) is 0 Å². The fourth-order valence-corrected chi connectivity index (χ4v) is 1.24. The second-order valence-electron chi connectivity index (χ2n) is 4.57. The fourth-order valence-electron chi connectivity index (χ4n) is 1.24. The molecule has 0 aromatic heterocycles. The molecule has 0 aliphatic rings. The van der Waals surface area contributed by atoms with Crippen molar-refractivity contribution < 1.29 is 9.90 Å². The van der Waals surface area contributed by atoms with E-state index >= 15 is 0 Å². The molecular formula is C14H20N2O2. The summed E-state index contributed by atoms with van der Waals surface area (Å²) in [5, 5.41) is 12.4. The number of benzene rings is 1. The van der Waals surface area contributed by atoms with Gasteiger partial charge in [-0.3, -0.25) is 4.79 Å². The van der Waals surface area contributed by atoms with Gasteiger partial charge in [-0.15, -0.1) is 0 Å². The number of amides is 1. The highest BCUT2D eigenvalue weighted by Crippen LogP contribution is 2.07. The lowest BCUT2D eigenvalue weighted by Gasteiger charge is -2.20. The van der Waals surface area contributed by atoms with Crippen LogP contribution in [0.15, 0.2) is 30.3 Å². The van der Waals surface area contributed by atoms with E-state index in [1.165, 1.54) is 6.08 Å². The van der Waals surface area contributed by atoms with E-state index in [0.29, 0.717) is 12.1 Å². The van der Waals surface area contributed by atoms with Crippen LogP contribution in [-0.2, 0) is 4.79 Å². The van der Waals surface area contributed by atoms with Gasteiger partial charge in [0, 0.05) is 18.3 Å². The average Bonchev–Trinajstić information content (AvgIpc) is 2.36. The van der Waals surface area contributed by atoms with Crippen LogP contribution in [0, 0.1) is 0 Å². The Balaban J connectivity index is 2.47. The van der Waals surface area contributed by atoms with E-state index in [-0.39, 0.29) is 12.5 Å². The lowest BCUT2D eigenvalue weighted by molar-refractivity contribution is -0.117. The van der Waals surface area contributed by atoms with E-state index in [1.54, 1.807) is 25.1 Å². The summed E-state index contributed by atoms with van der Waals surface area (Å²) in [4.78, 5) is 11.5. The molecule has 0 bridgehead atoms. The number of nitrogens with one attached hydrogen (secondary N) is 1. The molecule has 0 saturated carbocycles. The predicted molar refractivity (Wildman–Crippen MR) is 73.8 cm³/mol. The quantitative estimate of drug-likeness (QED) is 0.547. The zero-order valence-corrected chi connectivity index (χ0v) is 10.8. The maximum Gasteiger partial charge on any atom is 0.244 e. The molecule has 98 valence electrons. The third-order valence-corrected chi connectivity index (χ3v) is 2.77. The minimum atomic E-state index is -0.856. The maximum absolute atomic E-state index is 11.5. The molecule has 0 aliphatic carbocycles. The summed E-state index contributed by atoms with van der Waals surface area (Å²) in [5.41, 5.74) is 6.30. The zero-order valence-electron chi connectivity index (χ0n) is 10.8. The van der Waals surface area contributed by atoms with Crippen LogP contribution in [0.4, 0.5) is 5.69 Å². The first-order chi connectivity index (χ1) is 8.43. The Morgan fingerprint density at radius 2 is 2.06 bits per heavy atom. The standard InChI is InChI=1S/C14H20N2O2/c1-3-14(2,18)10-16-13(17)9-6-11-4-7-12(15)8-5-11/h4-9,18H,3,10,15H2,1-2H3,(H,16,17)/b9-6+. The SMILES string of the molecule is CCC(C)(O)CNC(=O)/C=C/c1ccc(N)cc1. The summed E-state index contributed by atoms with van der Waals surface area (Å²) in [5.74, 6) is -0.222. The average molecular weight is 248 g/mol. The minimum Gasteiger partial charge on any atom is -0.399 e. The Labute approximate surface area is 108 Å². The van der Waals surface area contributed by atoms with Crippen molar-refractivity contribution in [3.05, 3.63) is 35.9 Å². The number of hydrogen-bond acceptors (Lipinski definition) is 3. The summed E-state index contributed by atoms with van der Waals surface area (Å²) in [6.07, 6.45) is 3.74. The van der Waals surface area contributed by atoms with Crippen molar-refractivity contribution in [1.82, 2.24) is 5.32 Å². The highest BCUT2D eigenvalue weighted by atomic mass is 16.3.